The molecular weight excluding hydrogens is 255 g/mol. The zero-order chi connectivity index (χ0) is 14.0. The Morgan fingerprint density at radius 1 is 1.00 bits per heavy atom. The second-order valence-corrected chi connectivity index (χ2v) is 4.10. The summed E-state index contributed by atoms with van der Waals surface area (Å²) in [5, 5.41) is 8.87. The molecule has 0 aliphatic heterocycles. The summed E-state index contributed by atoms with van der Waals surface area (Å²) < 4.78 is 40.5. The molecule has 0 aromatic heterocycles. The highest BCUT2D eigenvalue weighted by Gasteiger charge is 2.16. The highest BCUT2D eigenvalue weighted by Crippen LogP contribution is 2.30. The zero-order valence-electron chi connectivity index (χ0n) is 10.2. The molecule has 0 spiro atoms. The molecule has 2 aromatic carbocycles. The summed E-state index contributed by atoms with van der Waals surface area (Å²) in [5.74, 6) is -1.99. The van der Waals surface area contributed by atoms with Crippen LogP contribution in [0.5, 0.6) is 0 Å². The molecule has 0 heterocycles. The Kier molecular flexibility index (Phi) is 3.76. The van der Waals surface area contributed by atoms with Crippen LogP contribution < -0.4 is 4.90 Å². The molecule has 0 fully saturated rings. The van der Waals surface area contributed by atoms with Gasteiger partial charge >= 0.3 is 0 Å². The lowest BCUT2D eigenvalue weighted by Gasteiger charge is -2.21. The van der Waals surface area contributed by atoms with Gasteiger partial charge in [0.1, 0.15) is 23.1 Å². The predicted octanol–water partition coefficient (Wildman–Crippen LogP) is 3.36. The van der Waals surface area contributed by atoms with Crippen LogP contribution in [0.2, 0.25) is 0 Å². The molecule has 0 saturated carbocycles. The molecule has 0 unspecified atom stereocenters. The zero-order valence-corrected chi connectivity index (χ0v) is 10.2. The molecule has 5 heteroatoms. The third-order valence-corrected chi connectivity index (χ3v) is 2.81. The molecule has 2 aromatic rings. The van der Waals surface area contributed by atoms with Crippen LogP contribution in [0.15, 0.2) is 36.4 Å². The number of rotatable bonds is 3. The van der Waals surface area contributed by atoms with E-state index in [4.69, 9.17) is 5.11 Å². The van der Waals surface area contributed by atoms with Gasteiger partial charge in [0, 0.05) is 12.7 Å². The minimum atomic E-state index is -0.782. The van der Waals surface area contributed by atoms with E-state index in [9.17, 15) is 13.2 Å². The van der Waals surface area contributed by atoms with Crippen molar-refractivity contribution in [1.82, 2.24) is 0 Å². The standard InChI is InChI=1S/C14H12F3NO/c1-18(11-4-2-10(15)3-5-11)14-12(16)6-9(8-19)7-13(14)17/h2-7,19H,8H2,1H3. The van der Waals surface area contributed by atoms with E-state index in [0.29, 0.717) is 5.69 Å². The van der Waals surface area contributed by atoms with Gasteiger partial charge in [-0.05, 0) is 42.0 Å². The van der Waals surface area contributed by atoms with Gasteiger partial charge in [0.25, 0.3) is 0 Å². The molecule has 0 bridgehead atoms. The summed E-state index contributed by atoms with van der Waals surface area (Å²) in [6.45, 7) is -0.436. The average molecular weight is 267 g/mol. The van der Waals surface area contributed by atoms with Crippen molar-refractivity contribution in [1.29, 1.82) is 0 Å². The van der Waals surface area contributed by atoms with E-state index < -0.39 is 24.1 Å². The second kappa shape index (κ2) is 5.32. The van der Waals surface area contributed by atoms with Crippen LogP contribution in [0.25, 0.3) is 0 Å². The molecule has 0 aliphatic rings. The monoisotopic (exact) mass is 267 g/mol. The molecule has 1 N–H and O–H groups in total. The first-order valence-corrected chi connectivity index (χ1v) is 5.61. The molecule has 0 atom stereocenters. The van der Waals surface area contributed by atoms with Crippen LogP contribution in [0.3, 0.4) is 0 Å². The van der Waals surface area contributed by atoms with E-state index >= 15 is 0 Å². The number of aliphatic hydroxyl groups is 1. The molecule has 0 radical (unpaired) electrons. The van der Waals surface area contributed by atoms with Gasteiger partial charge < -0.3 is 10.0 Å². The third kappa shape index (κ3) is 2.71. The number of hydrogen-bond acceptors (Lipinski definition) is 2. The number of anilines is 2. The second-order valence-electron chi connectivity index (χ2n) is 4.10. The molecule has 0 aliphatic carbocycles. The highest BCUT2D eigenvalue weighted by atomic mass is 19.1. The Morgan fingerprint density at radius 2 is 1.53 bits per heavy atom. The fourth-order valence-electron chi connectivity index (χ4n) is 1.82. The lowest BCUT2D eigenvalue weighted by Crippen LogP contribution is -2.13. The normalized spacial score (nSPS) is 10.6. The fraction of sp³-hybridized carbons (Fsp3) is 0.143. The van der Waals surface area contributed by atoms with E-state index in [1.807, 2.05) is 0 Å². The van der Waals surface area contributed by atoms with E-state index in [2.05, 4.69) is 0 Å². The van der Waals surface area contributed by atoms with Gasteiger partial charge in [-0.15, -0.1) is 0 Å². The van der Waals surface area contributed by atoms with Crippen molar-refractivity contribution < 1.29 is 18.3 Å². The Morgan fingerprint density at radius 3 is 2.00 bits per heavy atom. The summed E-state index contributed by atoms with van der Waals surface area (Å²) in [6.07, 6.45) is 0. The Balaban J connectivity index is 2.44. The quantitative estimate of drug-likeness (QED) is 0.921. The van der Waals surface area contributed by atoms with E-state index in [1.54, 1.807) is 0 Å². The smallest absolute Gasteiger partial charge is 0.150 e. The Hall–Kier alpha value is -2.01. The van der Waals surface area contributed by atoms with Crippen molar-refractivity contribution in [2.24, 2.45) is 0 Å². The van der Waals surface area contributed by atoms with Crippen LogP contribution in [0.4, 0.5) is 24.5 Å². The molecular formula is C14H12F3NO. The highest BCUT2D eigenvalue weighted by molar-refractivity contribution is 5.63. The molecule has 2 nitrogen and oxygen atoms in total. The SMILES string of the molecule is CN(c1ccc(F)cc1)c1c(F)cc(CO)cc1F. The van der Waals surface area contributed by atoms with Crippen LogP contribution in [-0.4, -0.2) is 12.2 Å². The van der Waals surface area contributed by atoms with Crippen molar-refractivity contribution in [3.8, 4) is 0 Å². The average Bonchev–Trinajstić information content (AvgIpc) is 2.38. The Bertz CT molecular complexity index is 561. The van der Waals surface area contributed by atoms with Crippen molar-refractivity contribution in [2.75, 3.05) is 11.9 Å². The van der Waals surface area contributed by atoms with E-state index in [0.717, 1.165) is 12.1 Å². The van der Waals surface area contributed by atoms with Crippen molar-refractivity contribution in [3.63, 3.8) is 0 Å². The summed E-state index contributed by atoms with van der Waals surface area (Å²) in [7, 11) is 1.48. The predicted molar refractivity (Wildman–Crippen MR) is 66.7 cm³/mol. The van der Waals surface area contributed by atoms with Gasteiger partial charge in [0.05, 0.1) is 6.61 Å². The van der Waals surface area contributed by atoms with Gasteiger partial charge in [-0.1, -0.05) is 0 Å². The van der Waals surface area contributed by atoms with Gasteiger partial charge in [0.2, 0.25) is 0 Å². The van der Waals surface area contributed by atoms with Crippen molar-refractivity contribution in [2.45, 2.75) is 6.61 Å². The first kappa shape index (κ1) is 13.4. The van der Waals surface area contributed by atoms with Crippen LogP contribution in [-0.2, 0) is 6.61 Å². The summed E-state index contributed by atoms with van der Waals surface area (Å²) in [4.78, 5) is 1.28. The summed E-state index contributed by atoms with van der Waals surface area (Å²) in [6, 6.07) is 7.41. The van der Waals surface area contributed by atoms with Gasteiger partial charge in [-0.3, -0.25) is 0 Å². The topological polar surface area (TPSA) is 23.5 Å². The number of halogens is 3. The molecule has 19 heavy (non-hydrogen) atoms. The molecule has 100 valence electrons. The lowest BCUT2D eigenvalue weighted by molar-refractivity contribution is 0.280. The van der Waals surface area contributed by atoms with Crippen molar-refractivity contribution in [3.05, 3.63) is 59.4 Å². The van der Waals surface area contributed by atoms with Crippen LogP contribution in [0.1, 0.15) is 5.56 Å². The largest absolute Gasteiger partial charge is 0.392 e. The van der Waals surface area contributed by atoms with Crippen LogP contribution in [0, 0.1) is 17.5 Å². The fourth-order valence-corrected chi connectivity index (χ4v) is 1.82. The van der Waals surface area contributed by atoms with Gasteiger partial charge in [-0.25, -0.2) is 13.2 Å². The maximum Gasteiger partial charge on any atom is 0.150 e. The minimum Gasteiger partial charge on any atom is -0.392 e. The molecule has 2 rings (SSSR count). The maximum atomic E-state index is 13.8. The number of benzene rings is 2. The minimum absolute atomic E-state index is 0.159. The van der Waals surface area contributed by atoms with Gasteiger partial charge in [0.15, 0.2) is 0 Å². The lowest BCUT2D eigenvalue weighted by atomic mass is 10.1. The van der Waals surface area contributed by atoms with E-state index in [1.165, 1.54) is 36.2 Å². The first-order chi connectivity index (χ1) is 9.02. The number of aliphatic hydroxyl groups excluding tert-OH is 1. The van der Waals surface area contributed by atoms with Gasteiger partial charge in [-0.2, -0.15) is 0 Å². The maximum absolute atomic E-state index is 13.8. The first-order valence-electron chi connectivity index (χ1n) is 5.61. The summed E-state index contributed by atoms with van der Waals surface area (Å²) in [5.41, 5.74) is 0.367. The van der Waals surface area contributed by atoms with Crippen molar-refractivity contribution >= 4 is 11.4 Å². The Labute approximate surface area is 108 Å². The van der Waals surface area contributed by atoms with Crippen LogP contribution >= 0.6 is 0 Å². The molecule has 0 saturated heterocycles. The summed E-state index contributed by atoms with van der Waals surface area (Å²) >= 11 is 0. The number of nitrogens with zero attached hydrogens (tertiary/aromatic N) is 1. The third-order valence-electron chi connectivity index (χ3n) is 2.81. The molecule has 0 amide bonds. The number of hydrogen-bond donors (Lipinski definition) is 1. The van der Waals surface area contributed by atoms with E-state index in [-0.39, 0.29) is 11.3 Å².